The molecule has 12 heteroatoms. The van der Waals surface area contributed by atoms with Gasteiger partial charge in [0, 0.05) is 25.7 Å². The number of hydroxylamine groups is 2. The van der Waals surface area contributed by atoms with Gasteiger partial charge in [0.25, 0.3) is 5.91 Å². The second kappa shape index (κ2) is 21.9. The molecule has 1 N–H and O–H groups in total. The van der Waals surface area contributed by atoms with E-state index in [2.05, 4.69) is 65.8 Å². The number of nitrogens with zero attached hydrogens (tertiary/aromatic N) is 3. The molecule has 3 amide bonds. The number of Topliss-reactive ketones (excluding diaryl/α,β-unsaturated/α-hetero) is 1. The minimum atomic E-state index is -0.555. The molecule has 2 saturated heterocycles. The van der Waals surface area contributed by atoms with Crippen LogP contribution in [0.3, 0.4) is 0 Å². The Kier molecular flexibility index (Phi) is 19.2. The number of likely N-dealkylation sites (tertiary alicyclic amines) is 2. The van der Waals surface area contributed by atoms with Gasteiger partial charge in [-0.3, -0.25) is 24.2 Å². The van der Waals surface area contributed by atoms with Gasteiger partial charge in [-0.25, -0.2) is 14.7 Å². The van der Waals surface area contributed by atoms with Gasteiger partial charge in [0.1, 0.15) is 17.2 Å². The lowest BCUT2D eigenvalue weighted by atomic mass is 9.85. The van der Waals surface area contributed by atoms with Crippen LogP contribution in [0.4, 0.5) is 9.59 Å². The summed E-state index contributed by atoms with van der Waals surface area (Å²) in [5, 5.41) is 11.5. The highest BCUT2D eigenvalue weighted by molar-refractivity contribution is 6.01. The molecule has 1 saturated carbocycles. The van der Waals surface area contributed by atoms with Crippen LogP contribution in [0.15, 0.2) is 48.5 Å². The molecule has 0 unspecified atom stereocenters. The second-order valence-electron chi connectivity index (χ2n) is 20.2. The van der Waals surface area contributed by atoms with Crippen molar-refractivity contribution < 1.29 is 38.6 Å². The summed E-state index contributed by atoms with van der Waals surface area (Å²) in [5.74, 6) is 0.259. The molecule has 2 aromatic carbocycles. The first kappa shape index (κ1) is 52.5. The van der Waals surface area contributed by atoms with E-state index in [0.29, 0.717) is 37.4 Å². The van der Waals surface area contributed by atoms with Crippen molar-refractivity contribution in [1.82, 2.24) is 14.9 Å². The van der Waals surface area contributed by atoms with Crippen molar-refractivity contribution >= 4 is 36.3 Å². The Morgan fingerprint density at radius 3 is 1.43 bits per heavy atom. The number of benzene rings is 2. The summed E-state index contributed by atoms with van der Waals surface area (Å²) in [6.07, 6.45) is 6.79. The Hall–Kier alpha value is -3.67. The first-order valence-electron chi connectivity index (χ1n) is 21.5. The number of likely N-dealkylation sites (N-methyl/N-ethyl adjacent to an activating group) is 1. The normalized spacial score (nSPS) is 18.9. The molecular weight excluding hydrogens is 782 g/mol. The van der Waals surface area contributed by atoms with E-state index < -0.39 is 35.5 Å². The predicted octanol–water partition coefficient (Wildman–Crippen LogP) is 10.6. The summed E-state index contributed by atoms with van der Waals surface area (Å²) in [6, 6.07) is 15.4. The maximum Gasteiger partial charge on any atom is 0.410 e. The summed E-state index contributed by atoms with van der Waals surface area (Å²) in [5.41, 5.74) is 3.40. The topological polar surface area (TPSA) is 126 Å². The highest BCUT2D eigenvalue weighted by Crippen LogP contribution is 2.36. The maximum atomic E-state index is 12.8. The third-order valence-corrected chi connectivity index (χ3v) is 10.9. The van der Waals surface area contributed by atoms with Crippen LogP contribution in [0, 0.1) is 5.92 Å². The van der Waals surface area contributed by atoms with E-state index in [-0.39, 0.29) is 41.0 Å². The Balaban J connectivity index is 0.000000313. The zero-order valence-electron chi connectivity index (χ0n) is 39.1. The molecule has 60 heavy (non-hydrogen) atoms. The third-order valence-electron chi connectivity index (χ3n) is 10.9. The summed E-state index contributed by atoms with van der Waals surface area (Å²) < 4.78 is 10.7. The Morgan fingerprint density at radius 2 is 1.03 bits per heavy atom. The lowest BCUT2D eigenvalue weighted by Gasteiger charge is -2.29. The number of ether oxygens (including phenoxy) is 2. The first-order valence-corrected chi connectivity index (χ1v) is 21.5. The van der Waals surface area contributed by atoms with Gasteiger partial charge in [0.2, 0.25) is 0 Å². The van der Waals surface area contributed by atoms with Gasteiger partial charge < -0.3 is 14.6 Å². The number of halogens is 1. The molecule has 0 bridgehead atoms. The van der Waals surface area contributed by atoms with Crippen molar-refractivity contribution in [2.75, 3.05) is 27.2 Å². The third kappa shape index (κ3) is 15.7. The zero-order valence-corrected chi connectivity index (χ0v) is 39.9. The standard InChI is InChI=1S/C20H29NO3.C16H24O.C12H22N2O4.ClH/c1-19(2,3)15-11-9-14(10-12-15)17(22)16-8-7-13-21(16)18(23)24-20(4,5)6;1-16(2,3)14-10-8-13(9-11-14)15(17)12-6-4-5-7-12;1-12(2,3)18-11(16)14-8-6-7-9(14)10(15)13(4)17-5;/h9-12,16H,7-8,13H2,1-6H3;8-12,15,17H,4-7H2,1-3H3;9H,6-8H2,1-5H3;1H/t16-;15-;9-;/m111./s1. The van der Waals surface area contributed by atoms with Gasteiger partial charge in [0.05, 0.1) is 19.3 Å². The fourth-order valence-corrected chi connectivity index (χ4v) is 7.49. The van der Waals surface area contributed by atoms with Crippen LogP contribution < -0.4 is 0 Å². The maximum absolute atomic E-state index is 12.8. The van der Waals surface area contributed by atoms with E-state index >= 15 is 0 Å². The molecule has 1 aliphatic carbocycles. The average molecular weight is 859 g/mol. The van der Waals surface area contributed by atoms with E-state index in [1.54, 1.807) is 25.7 Å². The quantitative estimate of drug-likeness (QED) is 0.225. The number of rotatable bonds is 6. The van der Waals surface area contributed by atoms with Crippen LogP contribution in [-0.4, -0.2) is 94.4 Å². The van der Waals surface area contributed by atoms with Crippen molar-refractivity contribution in [2.45, 2.75) is 175 Å². The Morgan fingerprint density at radius 1 is 0.633 bits per heavy atom. The molecule has 5 rings (SSSR count). The lowest BCUT2D eigenvalue weighted by Crippen LogP contribution is -2.47. The number of carbonyl (C=O) groups excluding carboxylic acids is 4. The van der Waals surface area contributed by atoms with Crippen molar-refractivity contribution in [3.63, 3.8) is 0 Å². The molecule has 3 aliphatic rings. The van der Waals surface area contributed by atoms with E-state index in [1.807, 2.05) is 45.0 Å². The van der Waals surface area contributed by atoms with Gasteiger partial charge in [-0.15, -0.1) is 12.4 Å². The minimum Gasteiger partial charge on any atom is -0.444 e. The van der Waals surface area contributed by atoms with E-state index in [4.69, 9.17) is 14.3 Å². The number of carbonyl (C=O) groups is 4. The van der Waals surface area contributed by atoms with Crippen molar-refractivity contribution in [3.05, 3.63) is 70.8 Å². The number of ketones is 1. The average Bonchev–Trinajstić information content (AvgIpc) is 3.95. The molecule has 11 nitrogen and oxygen atoms in total. The Bertz CT molecular complexity index is 1680. The monoisotopic (exact) mass is 858 g/mol. The fraction of sp³-hybridized carbons (Fsp3) is 0.667. The number of aliphatic hydroxyl groups excluding tert-OH is 1. The van der Waals surface area contributed by atoms with E-state index in [9.17, 15) is 24.3 Å². The van der Waals surface area contributed by atoms with Gasteiger partial charge >= 0.3 is 12.2 Å². The van der Waals surface area contributed by atoms with Crippen LogP contribution in [0.5, 0.6) is 0 Å². The molecular formula is C48H76ClN3O8. The Labute approximate surface area is 367 Å². The van der Waals surface area contributed by atoms with Crippen LogP contribution in [-0.2, 0) is 29.9 Å². The first-order chi connectivity index (χ1) is 27.2. The van der Waals surface area contributed by atoms with Crippen LogP contribution in [0.2, 0.25) is 0 Å². The zero-order chi connectivity index (χ0) is 44.5. The molecule has 2 aliphatic heterocycles. The summed E-state index contributed by atoms with van der Waals surface area (Å²) in [7, 11) is 2.96. The minimum absolute atomic E-state index is 0. The smallest absolute Gasteiger partial charge is 0.410 e. The van der Waals surface area contributed by atoms with Crippen LogP contribution in [0.25, 0.3) is 0 Å². The summed E-state index contributed by atoms with van der Waals surface area (Å²) in [6.45, 7) is 25.1. The molecule has 2 aromatic rings. The second-order valence-corrected chi connectivity index (χ2v) is 20.2. The van der Waals surface area contributed by atoms with Gasteiger partial charge in [-0.2, -0.15) is 0 Å². The number of aliphatic hydroxyl groups is 1. The van der Waals surface area contributed by atoms with E-state index in [0.717, 1.165) is 23.5 Å². The van der Waals surface area contributed by atoms with Gasteiger partial charge in [-0.05, 0) is 114 Å². The van der Waals surface area contributed by atoms with Crippen molar-refractivity contribution in [1.29, 1.82) is 0 Å². The van der Waals surface area contributed by atoms with E-state index in [1.165, 1.54) is 55.9 Å². The van der Waals surface area contributed by atoms with Crippen LogP contribution >= 0.6 is 12.4 Å². The summed E-state index contributed by atoms with van der Waals surface area (Å²) in [4.78, 5) is 57.1. The molecule has 0 radical (unpaired) electrons. The molecule has 0 aromatic heterocycles. The van der Waals surface area contributed by atoms with Crippen molar-refractivity contribution in [3.8, 4) is 0 Å². The number of hydrogen-bond acceptors (Lipinski definition) is 8. The number of hydrogen-bond donors (Lipinski definition) is 1. The number of amides is 3. The van der Waals surface area contributed by atoms with Gasteiger partial charge in [-0.1, -0.05) is 103 Å². The molecule has 338 valence electrons. The molecule has 3 fully saturated rings. The summed E-state index contributed by atoms with van der Waals surface area (Å²) >= 11 is 0. The highest BCUT2D eigenvalue weighted by Gasteiger charge is 2.39. The lowest BCUT2D eigenvalue weighted by molar-refractivity contribution is -0.173. The van der Waals surface area contributed by atoms with Crippen molar-refractivity contribution in [2.24, 2.45) is 5.92 Å². The van der Waals surface area contributed by atoms with Crippen LogP contribution in [0.1, 0.15) is 168 Å². The predicted molar refractivity (Wildman–Crippen MR) is 240 cm³/mol. The molecule has 0 spiro atoms. The highest BCUT2D eigenvalue weighted by atomic mass is 35.5. The largest absolute Gasteiger partial charge is 0.444 e. The SMILES string of the molecule is CC(C)(C)OC(=O)N1CCC[C@@H]1C(=O)c1ccc(C(C)(C)C)cc1.CC(C)(C)c1ccc([C@H](O)C2CCCC2)cc1.CON(C)C(=O)[C@H]1CCCN1C(=O)OC(C)(C)C.Cl. The molecule has 3 atom stereocenters. The fourth-order valence-electron chi connectivity index (χ4n) is 7.49. The van der Waals surface area contributed by atoms with Gasteiger partial charge in [0.15, 0.2) is 5.78 Å². The molecule has 2 heterocycles.